The summed E-state index contributed by atoms with van der Waals surface area (Å²) in [4.78, 5) is 54.0. The predicted octanol–water partition coefficient (Wildman–Crippen LogP) is 7.16. The van der Waals surface area contributed by atoms with E-state index in [1.807, 2.05) is 30.3 Å². The third kappa shape index (κ3) is 8.04. The summed E-state index contributed by atoms with van der Waals surface area (Å²) in [5.74, 6) is 1.98. The Kier molecular flexibility index (Phi) is 11.9. The van der Waals surface area contributed by atoms with Gasteiger partial charge in [-0.05, 0) is 105 Å². The molecule has 6 aliphatic rings. The number of aliphatic hydroxyl groups excluding tert-OH is 1. The van der Waals surface area contributed by atoms with Crippen LogP contribution < -0.4 is 10.6 Å². The molecule has 2 aliphatic heterocycles. The first-order valence-electron chi connectivity index (χ1n) is 22.5. The first kappa shape index (κ1) is 41.8. The lowest BCUT2D eigenvalue weighted by Gasteiger charge is -2.49. The molecular weight excluding hydrogens is 739 g/mol. The van der Waals surface area contributed by atoms with Gasteiger partial charge in [0.25, 0.3) is 0 Å². The second-order valence-corrected chi connectivity index (χ2v) is 19.4. The van der Waals surface area contributed by atoms with Gasteiger partial charge >= 0.3 is 0 Å². The van der Waals surface area contributed by atoms with Crippen molar-refractivity contribution in [2.45, 2.75) is 135 Å². The SMILES string of the molecule is CC(=O)CCC(=O)N[C@@H](Cc1ccc(C(=O)c2ccccc2)cc1)C(=O)NCCN1C[C@@H](C)C[C@H]2O[C@]3(CC[C@@H]4C(=C3C)C[C@H]3[C@H]4CC=C4C[C@@H](O)CC[C@@]43C)[C@H](C)[C@@H]21. The number of hydrogen-bond acceptors (Lipinski definition) is 7. The Balaban J connectivity index is 0.938. The molecule has 2 saturated heterocycles. The standard InChI is InChI=1S/C50H65N3O6/c1-30-25-44-46(33(4)50(59-44)22-20-39-40-17-16-37-27-38(55)19-21-49(37,5)42(40)28-41(39)32(50)3)53(29-30)24-23-51-48(58)43(52-45(56)18-11-31(2)54)26-34-12-14-36(15-13-34)47(57)35-9-7-6-8-10-35/h6-10,12-16,30,33,38-40,42-44,46,55H,11,17-29H2,1-5H3,(H,51,58)(H,52,56)/t30-,33+,38-,39-,40-,42-,43-,44+,46-,49-,50-/m0/s1. The molecule has 9 nitrogen and oxygen atoms in total. The van der Waals surface area contributed by atoms with Crippen LogP contribution in [0.4, 0.5) is 0 Å². The van der Waals surface area contributed by atoms with Gasteiger partial charge in [-0.1, -0.05) is 92.6 Å². The lowest BCUT2D eigenvalue weighted by molar-refractivity contribution is -0.129. The number of carbonyl (C=O) groups excluding carboxylic acids is 4. The van der Waals surface area contributed by atoms with Gasteiger partial charge in [0.05, 0.1) is 17.8 Å². The van der Waals surface area contributed by atoms with Crippen molar-refractivity contribution in [3.05, 3.63) is 94.1 Å². The minimum absolute atomic E-state index is 0.0248. The Labute approximate surface area is 350 Å². The largest absolute Gasteiger partial charge is 0.393 e. The van der Waals surface area contributed by atoms with Gasteiger partial charge in [-0.25, -0.2) is 0 Å². The summed E-state index contributed by atoms with van der Waals surface area (Å²) >= 11 is 0. The number of rotatable bonds is 12. The second-order valence-electron chi connectivity index (χ2n) is 19.4. The molecule has 1 spiro atoms. The molecule has 4 fully saturated rings. The molecule has 316 valence electrons. The van der Waals surface area contributed by atoms with E-state index in [9.17, 15) is 24.3 Å². The van der Waals surface area contributed by atoms with Crippen molar-refractivity contribution < 1.29 is 29.0 Å². The number of benzene rings is 2. The second kappa shape index (κ2) is 16.9. The van der Waals surface area contributed by atoms with Crippen molar-refractivity contribution in [2.75, 3.05) is 19.6 Å². The van der Waals surface area contributed by atoms with Gasteiger partial charge in [-0.2, -0.15) is 0 Å². The number of fused-ring (bicyclic) bond motifs is 6. The fourth-order valence-electron chi connectivity index (χ4n) is 12.7. The van der Waals surface area contributed by atoms with E-state index in [0.717, 1.165) is 57.1 Å². The average Bonchev–Trinajstić information content (AvgIpc) is 3.75. The average molecular weight is 804 g/mol. The molecule has 11 atom stereocenters. The zero-order chi connectivity index (χ0) is 41.6. The molecule has 9 heteroatoms. The highest BCUT2D eigenvalue weighted by atomic mass is 16.5. The van der Waals surface area contributed by atoms with Crippen LogP contribution in [0.5, 0.6) is 0 Å². The summed E-state index contributed by atoms with van der Waals surface area (Å²) in [5, 5.41) is 16.6. The number of likely N-dealkylation sites (tertiary alicyclic amines) is 1. The van der Waals surface area contributed by atoms with Crippen molar-refractivity contribution >= 4 is 23.4 Å². The van der Waals surface area contributed by atoms with Crippen molar-refractivity contribution in [2.24, 2.45) is 35.0 Å². The highest BCUT2D eigenvalue weighted by molar-refractivity contribution is 6.09. The molecule has 0 radical (unpaired) electrons. The summed E-state index contributed by atoms with van der Waals surface area (Å²) in [6.07, 6.45) is 11.3. The molecule has 59 heavy (non-hydrogen) atoms. The maximum atomic E-state index is 13.9. The first-order valence-corrected chi connectivity index (χ1v) is 22.5. The van der Waals surface area contributed by atoms with E-state index in [0.29, 0.717) is 53.8 Å². The number of hydrogen-bond donors (Lipinski definition) is 3. The maximum Gasteiger partial charge on any atom is 0.242 e. The predicted molar refractivity (Wildman–Crippen MR) is 228 cm³/mol. The molecule has 2 aromatic carbocycles. The minimum atomic E-state index is -0.832. The summed E-state index contributed by atoms with van der Waals surface area (Å²) in [6.45, 7) is 13.1. The van der Waals surface area contributed by atoms with E-state index in [1.54, 1.807) is 29.8 Å². The first-order chi connectivity index (χ1) is 28.3. The lowest BCUT2D eigenvalue weighted by atomic mass is 9.56. The van der Waals surface area contributed by atoms with E-state index in [-0.39, 0.29) is 71.9 Å². The molecule has 2 saturated carbocycles. The van der Waals surface area contributed by atoms with Gasteiger partial charge < -0.3 is 25.3 Å². The summed E-state index contributed by atoms with van der Waals surface area (Å²) in [6, 6.07) is 15.8. The van der Waals surface area contributed by atoms with Crippen LogP contribution in [0.3, 0.4) is 0 Å². The zero-order valence-corrected chi connectivity index (χ0v) is 35.8. The molecule has 2 amide bonds. The number of piperidine rings is 1. The van der Waals surface area contributed by atoms with Gasteiger partial charge in [-0.3, -0.25) is 19.3 Å². The zero-order valence-electron chi connectivity index (χ0n) is 35.8. The third-order valence-electron chi connectivity index (χ3n) is 15.8. The minimum Gasteiger partial charge on any atom is -0.393 e. The van der Waals surface area contributed by atoms with Gasteiger partial charge in [0.1, 0.15) is 11.8 Å². The lowest BCUT2D eigenvalue weighted by Crippen LogP contribution is -2.55. The molecule has 2 heterocycles. The molecule has 3 N–H and O–H groups in total. The molecule has 8 rings (SSSR count). The van der Waals surface area contributed by atoms with Crippen LogP contribution >= 0.6 is 0 Å². The Bertz CT molecular complexity index is 1990. The highest BCUT2D eigenvalue weighted by Gasteiger charge is 2.61. The van der Waals surface area contributed by atoms with Gasteiger partial charge in [0.15, 0.2) is 5.78 Å². The van der Waals surface area contributed by atoms with Crippen LogP contribution in [-0.4, -0.2) is 82.9 Å². The summed E-state index contributed by atoms with van der Waals surface area (Å²) in [7, 11) is 0. The molecule has 0 bridgehead atoms. The number of aliphatic hydroxyl groups is 1. The Morgan fingerprint density at radius 3 is 2.46 bits per heavy atom. The molecule has 0 aromatic heterocycles. The van der Waals surface area contributed by atoms with E-state index in [1.165, 1.54) is 24.5 Å². The van der Waals surface area contributed by atoms with Crippen LogP contribution in [-0.2, 0) is 25.5 Å². The van der Waals surface area contributed by atoms with Crippen LogP contribution in [0.15, 0.2) is 77.4 Å². The Morgan fingerprint density at radius 2 is 1.71 bits per heavy atom. The third-order valence-corrected chi connectivity index (χ3v) is 15.8. The molecule has 0 unspecified atom stereocenters. The number of allylic oxidation sites excluding steroid dienone is 2. The number of Topliss-reactive ketones (excluding diaryl/α,β-unsaturated/α-hetero) is 1. The van der Waals surface area contributed by atoms with Gasteiger partial charge in [0.2, 0.25) is 11.8 Å². The molecule has 4 aliphatic carbocycles. The summed E-state index contributed by atoms with van der Waals surface area (Å²) in [5.41, 5.74) is 6.57. The summed E-state index contributed by atoms with van der Waals surface area (Å²) < 4.78 is 7.36. The number of ether oxygens (including phenoxy) is 1. The molecular formula is C50H65N3O6. The van der Waals surface area contributed by atoms with Gasteiger partial charge in [0, 0.05) is 62.0 Å². The number of nitrogens with one attached hydrogen (secondary N) is 2. The van der Waals surface area contributed by atoms with Crippen molar-refractivity contribution in [1.29, 1.82) is 0 Å². The topological polar surface area (TPSA) is 125 Å². The van der Waals surface area contributed by atoms with Crippen molar-refractivity contribution in [1.82, 2.24) is 15.5 Å². The smallest absolute Gasteiger partial charge is 0.242 e. The Morgan fingerprint density at radius 1 is 0.966 bits per heavy atom. The Hall–Kier alpha value is -3.92. The van der Waals surface area contributed by atoms with E-state index in [2.05, 4.69) is 49.3 Å². The monoisotopic (exact) mass is 803 g/mol. The number of nitrogens with zero attached hydrogens (tertiary/aromatic N) is 1. The highest BCUT2D eigenvalue weighted by Crippen LogP contribution is 2.65. The normalized spacial score (nSPS) is 34.2. The van der Waals surface area contributed by atoms with E-state index < -0.39 is 6.04 Å². The fraction of sp³-hybridized carbons (Fsp3) is 0.600. The quantitative estimate of drug-likeness (QED) is 0.154. The fourth-order valence-corrected chi connectivity index (χ4v) is 12.7. The number of carbonyl (C=O) groups is 4. The van der Waals surface area contributed by atoms with Crippen molar-refractivity contribution in [3.8, 4) is 0 Å². The number of ketones is 2. The van der Waals surface area contributed by atoms with Gasteiger partial charge in [-0.15, -0.1) is 0 Å². The van der Waals surface area contributed by atoms with Crippen LogP contribution in [0.25, 0.3) is 0 Å². The van der Waals surface area contributed by atoms with Crippen LogP contribution in [0.1, 0.15) is 120 Å². The van der Waals surface area contributed by atoms with Crippen LogP contribution in [0.2, 0.25) is 0 Å². The van der Waals surface area contributed by atoms with Crippen molar-refractivity contribution in [3.63, 3.8) is 0 Å². The number of amides is 2. The van der Waals surface area contributed by atoms with Crippen LogP contribution in [0, 0.1) is 35.0 Å². The maximum absolute atomic E-state index is 13.9. The van der Waals surface area contributed by atoms with E-state index >= 15 is 0 Å². The van der Waals surface area contributed by atoms with E-state index in [4.69, 9.17) is 4.74 Å². The molecule has 2 aromatic rings.